The van der Waals surface area contributed by atoms with Crippen molar-refractivity contribution < 1.29 is 18.7 Å². The first kappa shape index (κ1) is 20.2. The van der Waals surface area contributed by atoms with Crippen molar-refractivity contribution in [2.24, 2.45) is 0 Å². The summed E-state index contributed by atoms with van der Waals surface area (Å²) in [6, 6.07) is 0. The van der Waals surface area contributed by atoms with Gasteiger partial charge in [-0.3, -0.25) is 9.59 Å². The summed E-state index contributed by atoms with van der Waals surface area (Å²) in [5.74, 6) is -0.827. The van der Waals surface area contributed by atoms with E-state index in [0.717, 1.165) is 30.0 Å². The number of nitrogens with zero attached hydrogens (tertiary/aromatic N) is 2. The number of ether oxygens (including phenoxy) is 1. The summed E-state index contributed by atoms with van der Waals surface area (Å²) in [7, 11) is 0. The number of nitrogens with one attached hydrogen (secondary N) is 1. The third-order valence-corrected chi connectivity index (χ3v) is 6.19. The number of amides is 2. The predicted molar refractivity (Wildman–Crippen MR) is 102 cm³/mol. The van der Waals surface area contributed by atoms with Crippen LogP contribution in [0, 0.1) is 6.92 Å². The van der Waals surface area contributed by atoms with E-state index in [1.807, 2.05) is 13.8 Å². The molecule has 1 aliphatic carbocycles. The highest BCUT2D eigenvalue weighted by Gasteiger charge is 2.40. The van der Waals surface area contributed by atoms with Crippen LogP contribution < -0.4 is 5.32 Å². The summed E-state index contributed by atoms with van der Waals surface area (Å²) in [5.41, 5.74) is -1.74. The lowest BCUT2D eigenvalue weighted by atomic mass is 9.90. The minimum absolute atomic E-state index is 0.0552. The van der Waals surface area contributed by atoms with Gasteiger partial charge in [0, 0.05) is 18.0 Å². The Kier molecular flexibility index (Phi) is 5.59. The summed E-state index contributed by atoms with van der Waals surface area (Å²) in [6.45, 7) is 7.56. The maximum Gasteiger partial charge on any atom is 0.259 e. The van der Waals surface area contributed by atoms with Crippen LogP contribution in [0.25, 0.3) is 0 Å². The van der Waals surface area contributed by atoms with Crippen LogP contribution in [-0.4, -0.2) is 59.2 Å². The average Bonchev–Trinajstić information content (AvgIpc) is 2.98. The molecular weight excluding hydrogens is 369 g/mol. The standard InChI is InChI=1S/C19H28FN3O3S/c1-12-22-15-13(6-5-7-14(15)27-12)16(24)21-10-19(4)11-23(8-9-26-19)17(25)18(2,3)20/h13H,5-11H2,1-4H3,(H,21,24). The molecule has 3 rings (SSSR count). The van der Waals surface area contributed by atoms with Gasteiger partial charge in [-0.1, -0.05) is 0 Å². The van der Waals surface area contributed by atoms with Crippen molar-refractivity contribution in [2.45, 2.75) is 64.1 Å². The van der Waals surface area contributed by atoms with E-state index in [1.165, 1.54) is 23.6 Å². The lowest BCUT2D eigenvalue weighted by Crippen LogP contribution is -2.59. The molecule has 27 heavy (non-hydrogen) atoms. The molecule has 150 valence electrons. The van der Waals surface area contributed by atoms with E-state index in [1.54, 1.807) is 11.3 Å². The van der Waals surface area contributed by atoms with Crippen LogP contribution in [0.3, 0.4) is 0 Å². The Labute approximate surface area is 163 Å². The molecule has 2 atom stereocenters. The number of carbonyl (C=O) groups is 2. The number of aromatic nitrogens is 1. The van der Waals surface area contributed by atoms with Crippen LogP contribution in [-0.2, 0) is 20.7 Å². The first-order valence-electron chi connectivity index (χ1n) is 9.45. The lowest BCUT2D eigenvalue weighted by molar-refractivity contribution is -0.157. The van der Waals surface area contributed by atoms with Crippen molar-refractivity contribution in [3.05, 3.63) is 15.6 Å². The van der Waals surface area contributed by atoms with Gasteiger partial charge in [0.15, 0.2) is 5.67 Å². The number of morpholine rings is 1. The molecule has 0 spiro atoms. The Morgan fingerprint density at radius 1 is 1.48 bits per heavy atom. The van der Waals surface area contributed by atoms with Gasteiger partial charge in [0.1, 0.15) is 5.60 Å². The van der Waals surface area contributed by atoms with E-state index >= 15 is 0 Å². The van der Waals surface area contributed by atoms with Crippen molar-refractivity contribution in [3.63, 3.8) is 0 Å². The van der Waals surface area contributed by atoms with Crippen LogP contribution in [0.15, 0.2) is 0 Å². The topological polar surface area (TPSA) is 71.5 Å². The summed E-state index contributed by atoms with van der Waals surface area (Å²) >= 11 is 1.67. The van der Waals surface area contributed by atoms with E-state index in [-0.39, 0.29) is 24.9 Å². The quantitative estimate of drug-likeness (QED) is 0.847. The highest BCUT2D eigenvalue weighted by Crippen LogP contribution is 2.34. The number of carbonyl (C=O) groups excluding carboxylic acids is 2. The van der Waals surface area contributed by atoms with Crippen molar-refractivity contribution in [1.82, 2.24) is 15.2 Å². The molecule has 2 heterocycles. The van der Waals surface area contributed by atoms with Crippen LogP contribution in [0.4, 0.5) is 4.39 Å². The zero-order valence-corrected chi connectivity index (χ0v) is 17.2. The summed E-state index contributed by atoms with van der Waals surface area (Å²) in [4.78, 5) is 32.3. The molecular formula is C19H28FN3O3S. The Bertz CT molecular complexity index is 730. The van der Waals surface area contributed by atoms with Gasteiger partial charge in [0.2, 0.25) is 5.91 Å². The second-order valence-electron chi connectivity index (χ2n) is 8.20. The van der Waals surface area contributed by atoms with Crippen LogP contribution in [0.1, 0.15) is 55.1 Å². The van der Waals surface area contributed by atoms with E-state index in [4.69, 9.17) is 4.74 Å². The molecule has 2 amide bonds. The molecule has 2 unspecified atom stereocenters. The van der Waals surface area contributed by atoms with Crippen LogP contribution >= 0.6 is 11.3 Å². The van der Waals surface area contributed by atoms with Gasteiger partial charge in [-0.25, -0.2) is 9.37 Å². The van der Waals surface area contributed by atoms with Crippen molar-refractivity contribution >= 4 is 23.2 Å². The number of fused-ring (bicyclic) bond motifs is 1. The second kappa shape index (κ2) is 7.47. The largest absolute Gasteiger partial charge is 0.370 e. The van der Waals surface area contributed by atoms with E-state index in [2.05, 4.69) is 10.3 Å². The number of aryl methyl sites for hydroxylation is 2. The van der Waals surface area contributed by atoms with Crippen molar-refractivity contribution in [3.8, 4) is 0 Å². The maximum absolute atomic E-state index is 14.0. The molecule has 1 N–H and O–H groups in total. The SMILES string of the molecule is Cc1nc2c(s1)CCCC2C(=O)NCC1(C)CN(C(=O)C(C)(C)F)CCO1. The fraction of sp³-hybridized carbons (Fsp3) is 0.737. The lowest BCUT2D eigenvalue weighted by Gasteiger charge is -2.42. The van der Waals surface area contributed by atoms with Gasteiger partial charge in [-0.2, -0.15) is 0 Å². The van der Waals surface area contributed by atoms with Gasteiger partial charge in [0.25, 0.3) is 5.91 Å². The van der Waals surface area contributed by atoms with Gasteiger partial charge in [-0.15, -0.1) is 11.3 Å². The molecule has 1 aliphatic heterocycles. The molecule has 0 aromatic carbocycles. The van der Waals surface area contributed by atoms with E-state index in [9.17, 15) is 14.0 Å². The Morgan fingerprint density at radius 3 is 2.93 bits per heavy atom. The zero-order chi connectivity index (χ0) is 19.8. The molecule has 0 radical (unpaired) electrons. The molecule has 8 heteroatoms. The number of hydrogen-bond acceptors (Lipinski definition) is 5. The maximum atomic E-state index is 14.0. The van der Waals surface area contributed by atoms with Crippen molar-refractivity contribution in [1.29, 1.82) is 0 Å². The van der Waals surface area contributed by atoms with E-state index < -0.39 is 17.2 Å². The van der Waals surface area contributed by atoms with Crippen LogP contribution in [0.5, 0.6) is 0 Å². The molecule has 0 saturated carbocycles. The van der Waals surface area contributed by atoms with Crippen molar-refractivity contribution in [2.75, 3.05) is 26.2 Å². The highest BCUT2D eigenvalue weighted by atomic mass is 32.1. The first-order valence-corrected chi connectivity index (χ1v) is 10.3. The second-order valence-corrected chi connectivity index (χ2v) is 9.49. The minimum Gasteiger partial charge on any atom is -0.370 e. The van der Waals surface area contributed by atoms with Gasteiger partial charge < -0.3 is 15.0 Å². The Hall–Kier alpha value is -1.54. The monoisotopic (exact) mass is 397 g/mol. The third-order valence-electron chi connectivity index (χ3n) is 5.15. The Balaban J connectivity index is 1.62. The first-order chi connectivity index (χ1) is 12.6. The smallest absolute Gasteiger partial charge is 0.259 e. The zero-order valence-electron chi connectivity index (χ0n) is 16.4. The average molecular weight is 398 g/mol. The van der Waals surface area contributed by atoms with Gasteiger partial charge in [-0.05, 0) is 47.0 Å². The fourth-order valence-corrected chi connectivity index (χ4v) is 4.82. The molecule has 1 aromatic heterocycles. The van der Waals surface area contributed by atoms with E-state index in [0.29, 0.717) is 13.2 Å². The molecule has 1 saturated heterocycles. The fourth-order valence-electron chi connectivity index (χ4n) is 3.78. The van der Waals surface area contributed by atoms with Gasteiger partial charge in [0.05, 0.1) is 29.8 Å². The summed E-state index contributed by atoms with van der Waals surface area (Å²) in [6.07, 6.45) is 2.76. The molecule has 1 aromatic rings. The normalized spacial score (nSPS) is 25.8. The summed E-state index contributed by atoms with van der Waals surface area (Å²) in [5, 5.41) is 3.97. The predicted octanol–water partition coefficient (Wildman–Crippen LogP) is 2.35. The summed E-state index contributed by atoms with van der Waals surface area (Å²) < 4.78 is 19.8. The number of hydrogen-bond donors (Lipinski definition) is 1. The van der Waals surface area contributed by atoms with Gasteiger partial charge >= 0.3 is 0 Å². The molecule has 1 fully saturated rings. The number of rotatable bonds is 4. The molecule has 0 bridgehead atoms. The number of thiazole rings is 1. The molecule has 2 aliphatic rings. The molecule has 6 nitrogen and oxygen atoms in total. The Morgan fingerprint density at radius 2 is 2.22 bits per heavy atom. The highest BCUT2D eigenvalue weighted by molar-refractivity contribution is 7.11. The van der Waals surface area contributed by atoms with Crippen LogP contribution in [0.2, 0.25) is 0 Å². The third kappa shape index (κ3) is 4.48. The number of alkyl halides is 1. The number of halogens is 1. The minimum atomic E-state index is -1.91.